The van der Waals surface area contributed by atoms with Crippen LogP contribution < -0.4 is 4.74 Å². The summed E-state index contributed by atoms with van der Waals surface area (Å²) in [5, 5.41) is 26.3. The summed E-state index contributed by atoms with van der Waals surface area (Å²) in [7, 11) is 1.59. The quantitative estimate of drug-likeness (QED) is 0.793. The average Bonchev–Trinajstić information content (AvgIpc) is 2.62. The number of aliphatic hydroxyl groups excluding tert-OH is 1. The van der Waals surface area contributed by atoms with Crippen LogP contribution in [0.2, 0.25) is 0 Å². The van der Waals surface area contributed by atoms with Gasteiger partial charge in [0.1, 0.15) is 11.9 Å². The highest BCUT2D eigenvalue weighted by Gasteiger charge is 2.15. The van der Waals surface area contributed by atoms with Gasteiger partial charge in [0.25, 0.3) is 0 Å². The normalized spacial score (nSPS) is 11.9. The van der Waals surface area contributed by atoms with Gasteiger partial charge < -0.3 is 9.84 Å². The van der Waals surface area contributed by atoms with Crippen molar-refractivity contribution in [2.45, 2.75) is 6.10 Å². The molecule has 22 heavy (non-hydrogen) atoms. The number of hydrogen-bond acceptors (Lipinski definition) is 6. The van der Waals surface area contributed by atoms with Crippen LogP contribution in [0.1, 0.15) is 17.5 Å². The second kappa shape index (κ2) is 6.28. The highest BCUT2D eigenvalue weighted by Crippen LogP contribution is 2.21. The summed E-state index contributed by atoms with van der Waals surface area (Å²) in [4.78, 5) is 0. The molecule has 1 heterocycles. The van der Waals surface area contributed by atoms with Gasteiger partial charge in [0, 0.05) is 5.56 Å². The van der Waals surface area contributed by atoms with Crippen LogP contribution in [0, 0.1) is 0 Å². The van der Waals surface area contributed by atoms with Gasteiger partial charge in [0.05, 0.1) is 7.11 Å². The van der Waals surface area contributed by atoms with Gasteiger partial charge in [-0.15, -0.1) is 20.4 Å². The van der Waals surface area contributed by atoms with Gasteiger partial charge in [-0.1, -0.05) is 42.5 Å². The maximum absolute atomic E-state index is 10.3. The molecular formula is C16H14N4O2. The van der Waals surface area contributed by atoms with E-state index in [1.54, 1.807) is 31.4 Å². The molecule has 0 fully saturated rings. The molecule has 0 aliphatic heterocycles. The Morgan fingerprint density at radius 3 is 2.09 bits per heavy atom. The highest BCUT2D eigenvalue weighted by molar-refractivity contribution is 5.52. The van der Waals surface area contributed by atoms with Gasteiger partial charge in [-0.2, -0.15) is 0 Å². The molecule has 1 aromatic heterocycles. The lowest BCUT2D eigenvalue weighted by Crippen LogP contribution is -2.09. The van der Waals surface area contributed by atoms with Crippen molar-refractivity contribution in [2.24, 2.45) is 0 Å². The third-order valence-electron chi connectivity index (χ3n) is 3.20. The van der Waals surface area contributed by atoms with Crippen LogP contribution in [0.5, 0.6) is 5.75 Å². The van der Waals surface area contributed by atoms with Gasteiger partial charge in [-0.25, -0.2) is 0 Å². The van der Waals surface area contributed by atoms with E-state index < -0.39 is 6.10 Å². The summed E-state index contributed by atoms with van der Waals surface area (Å²) in [6, 6.07) is 16.5. The second-order valence-electron chi connectivity index (χ2n) is 4.62. The Bertz CT molecular complexity index is 730. The molecule has 0 bridgehead atoms. The zero-order valence-corrected chi connectivity index (χ0v) is 11.9. The van der Waals surface area contributed by atoms with E-state index in [1.807, 2.05) is 30.3 Å². The van der Waals surface area contributed by atoms with E-state index in [4.69, 9.17) is 4.74 Å². The molecule has 110 valence electrons. The summed E-state index contributed by atoms with van der Waals surface area (Å²) in [5.41, 5.74) is 1.48. The fraction of sp³-hybridized carbons (Fsp3) is 0.125. The van der Waals surface area contributed by atoms with Crippen molar-refractivity contribution in [2.75, 3.05) is 7.11 Å². The Hall–Kier alpha value is -2.86. The zero-order valence-electron chi connectivity index (χ0n) is 11.9. The highest BCUT2D eigenvalue weighted by atomic mass is 16.5. The smallest absolute Gasteiger partial charge is 0.206 e. The average molecular weight is 294 g/mol. The standard InChI is InChI=1S/C16H14N4O2/c1-22-13-9-7-11(8-10-13)14(21)16-19-17-15(18-20-16)12-5-3-2-4-6-12/h2-10,14,21H,1H3. The molecule has 0 aliphatic carbocycles. The predicted octanol–water partition coefficient (Wildman–Crippen LogP) is 2.02. The minimum absolute atomic E-state index is 0.157. The molecule has 0 saturated heterocycles. The maximum Gasteiger partial charge on any atom is 0.206 e. The molecular weight excluding hydrogens is 280 g/mol. The van der Waals surface area contributed by atoms with Crippen LogP contribution >= 0.6 is 0 Å². The van der Waals surface area contributed by atoms with Crippen molar-refractivity contribution in [1.82, 2.24) is 20.4 Å². The fourth-order valence-corrected chi connectivity index (χ4v) is 1.98. The van der Waals surface area contributed by atoms with E-state index in [0.717, 1.165) is 5.56 Å². The minimum Gasteiger partial charge on any atom is -0.497 e. The molecule has 1 atom stereocenters. The third-order valence-corrected chi connectivity index (χ3v) is 3.20. The first-order chi connectivity index (χ1) is 10.8. The van der Waals surface area contributed by atoms with Crippen molar-refractivity contribution in [1.29, 1.82) is 0 Å². The van der Waals surface area contributed by atoms with Gasteiger partial charge in [-0.3, -0.25) is 0 Å². The van der Waals surface area contributed by atoms with Crippen molar-refractivity contribution in [3.8, 4) is 17.1 Å². The summed E-state index contributed by atoms with van der Waals surface area (Å²) >= 11 is 0. The zero-order chi connectivity index (χ0) is 15.4. The molecule has 0 amide bonds. The Morgan fingerprint density at radius 1 is 0.864 bits per heavy atom. The van der Waals surface area contributed by atoms with Crippen LogP contribution in [0.15, 0.2) is 54.6 Å². The lowest BCUT2D eigenvalue weighted by molar-refractivity contribution is 0.206. The molecule has 0 saturated carbocycles. The number of rotatable bonds is 4. The molecule has 2 aromatic carbocycles. The largest absolute Gasteiger partial charge is 0.497 e. The molecule has 1 N–H and O–H groups in total. The molecule has 0 radical (unpaired) electrons. The van der Waals surface area contributed by atoms with Crippen molar-refractivity contribution in [3.63, 3.8) is 0 Å². The van der Waals surface area contributed by atoms with Crippen LogP contribution in [-0.4, -0.2) is 32.6 Å². The van der Waals surface area contributed by atoms with Gasteiger partial charge in [0.2, 0.25) is 11.6 Å². The maximum atomic E-state index is 10.3. The molecule has 0 spiro atoms. The van der Waals surface area contributed by atoms with Crippen LogP contribution in [0.3, 0.4) is 0 Å². The molecule has 0 aliphatic rings. The number of benzene rings is 2. The third kappa shape index (κ3) is 2.91. The fourth-order valence-electron chi connectivity index (χ4n) is 1.98. The lowest BCUT2D eigenvalue weighted by Gasteiger charge is -2.09. The van der Waals surface area contributed by atoms with E-state index in [2.05, 4.69) is 20.4 Å². The van der Waals surface area contributed by atoms with E-state index >= 15 is 0 Å². The summed E-state index contributed by atoms with van der Waals surface area (Å²) in [6.45, 7) is 0. The Balaban J connectivity index is 1.82. The summed E-state index contributed by atoms with van der Waals surface area (Å²) < 4.78 is 5.08. The lowest BCUT2D eigenvalue weighted by atomic mass is 10.1. The van der Waals surface area contributed by atoms with Gasteiger partial charge >= 0.3 is 0 Å². The summed E-state index contributed by atoms with van der Waals surface area (Å²) in [6.07, 6.45) is -0.976. The SMILES string of the molecule is COc1ccc(C(O)c2nnc(-c3ccccc3)nn2)cc1. The number of aliphatic hydroxyl groups is 1. The number of aromatic nitrogens is 4. The predicted molar refractivity (Wildman–Crippen MR) is 80.1 cm³/mol. The first kappa shape index (κ1) is 14.1. The molecule has 3 rings (SSSR count). The molecule has 1 unspecified atom stereocenters. The molecule has 6 nitrogen and oxygen atoms in total. The topological polar surface area (TPSA) is 81.0 Å². The first-order valence-corrected chi connectivity index (χ1v) is 6.72. The Kier molecular flexibility index (Phi) is 4.02. The number of methoxy groups -OCH3 is 1. The monoisotopic (exact) mass is 294 g/mol. The second-order valence-corrected chi connectivity index (χ2v) is 4.62. The van der Waals surface area contributed by atoms with Crippen molar-refractivity contribution in [3.05, 3.63) is 66.0 Å². The van der Waals surface area contributed by atoms with Crippen LogP contribution in [0.25, 0.3) is 11.4 Å². The molecule has 3 aromatic rings. The first-order valence-electron chi connectivity index (χ1n) is 6.72. The van der Waals surface area contributed by atoms with E-state index in [-0.39, 0.29) is 5.82 Å². The van der Waals surface area contributed by atoms with E-state index in [1.165, 1.54) is 0 Å². The Labute approximate surface area is 127 Å². The minimum atomic E-state index is -0.976. The number of ether oxygens (including phenoxy) is 1. The summed E-state index contributed by atoms with van der Waals surface area (Å²) in [5.74, 6) is 1.30. The van der Waals surface area contributed by atoms with Gasteiger partial charge in [-0.05, 0) is 17.7 Å². The van der Waals surface area contributed by atoms with E-state index in [0.29, 0.717) is 17.1 Å². The van der Waals surface area contributed by atoms with Crippen molar-refractivity contribution >= 4 is 0 Å². The number of hydrogen-bond donors (Lipinski definition) is 1. The van der Waals surface area contributed by atoms with Crippen LogP contribution in [-0.2, 0) is 0 Å². The van der Waals surface area contributed by atoms with E-state index in [9.17, 15) is 5.11 Å². The van der Waals surface area contributed by atoms with Crippen LogP contribution in [0.4, 0.5) is 0 Å². The number of nitrogens with zero attached hydrogens (tertiary/aromatic N) is 4. The Morgan fingerprint density at radius 2 is 1.50 bits per heavy atom. The molecule has 6 heteroatoms. The van der Waals surface area contributed by atoms with Gasteiger partial charge in [0.15, 0.2) is 0 Å². The van der Waals surface area contributed by atoms with Crippen molar-refractivity contribution < 1.29 is 9.84 Å².